The molecule has 0 heterocycles. The van der Waals surface area contributed by atoms with Crippen molar-refractivity contribution in [3.8, 4) is 0 Å². The van der Waals surface area contributed by atoms with Gasteiger partial charge >= 0.3 is 0 Å². The van der Waals surface area contributed by atoms with E-state index in [4.69, 9.17) is 4.84 Å². The van der Waals surface area contributed by atoms with Crippen molar-refractivity contribution in [2.24, 2.45) is 5.92 Å². The molecular formula is C8H17NO. The van der Waals surface area contributed by atoms with Crippen molar-refractivity contribution in [1.29, 1.82) is 0 Å². The van der Waals surface area contributed by atoms with Gasteiger partial charge in [0.25, 0.3) is 0 Å². The van der Waals surface area contributed by atoms with Crippen LogP contribution in [-0.2, 0) is 4.84 Å². The van der Waals surface area contributed by atoms with Crippen LogP contribution >= 0.6 is 0 Å². The smallest absolute Gasteiger partial charge is 0.0773 e. The van der Waals surface area contributed by atoms with Crippen LogP contribution in [0.3, 0.4) is 0 Å². The van der Waals surface area contributed by atoms with Gasteiger partial charge in [-0.3, -0.25) is 10.3 Å². The van der Waals surface area contributed by atoms with Crippen molar-refractivity contribution >= 4 is 0 Å². The molecule has 0 fully saturated rings. The SMILES string of the molecule is C=CNOCC(CC)CC. The van der Waals surface area contributed by atoms with E-state index in [1.807, 2.05) is 0 Å². The quantitative estimate of drug-likeness (QED) is 0.454. The number of nitrogens with one attached hydrogen (secondary N) is 1. The van der Waals surface area contributed by atoms with E-state index in [-0.39, 0.29) is 0 Å². The first-order valence-corrected chi connectivity index (χ1v) is 3.83. The Morgan fingerprint density at radius 2 is 2.10 bits per heavy atom. The minimum absolute atomic E-state index is 0.674. The van der Waals surface area contributed by atoms with Crippen LogP contribution in [0.2, 0.25) is 0 Å². The molecule has 0 saturated heterocycles. The van der Waals surface area contributed by atoms with Crippen LogP contribution in [0.5, 0.6) is 0 Å². The molecule has 0 radical (unpaired) electrons. The van der Waals surface area contributed by atoms with Crippen molar-refractivity contribution < 1.29 is 4.84 Å². The molecule has 0 rings (SSSR count). The molecule has 0 aromatic carbocycles. The second-order valence-electron chi connectivity index (χ2n) is 2.32. The van der Waals surface area contributed by atoms with Gasteiger partial charge in [-0.05, 0) is 5.92 Å². The molecule has 0 atom stereocenters. The topological polar surface area (TPSA) is 21.3 Å². The molecule has 0 aromatic rings. The van der Waals surface area contributed by atoms with Crippen LogP contribution < -0.4 is 5.48 Å². The summed E-state index contributed by atoms with van der Waals surface area (Å²) in [5.74, 6) is 0.674. The number of hydroxylamine groups is 1. The van der Waals surface area contributed by atoms with Gasteiger partial charge in [-0.1, -0.05) is 33.3 Å². The Morgan fingerprint density at radius 3 is 2.50 bits per heavy atom. The fourth-order valence-electron chi connectivity index (χ4n) is 0.749. The summed E-state index contributed by atoms with van der Waals surface area (Å²) in [4.78, 5) is 5.06. The molecule has 0 saturated carbocycles. The Labute approximate surface area is 63.2 Å². The average Bonchev–Trinajstić information content (AvgIpc) is 1.99. The zero-order chi connectivity index (χ0) is 7.82. The third-order valence-corrected chi connectivity index (χ3v) is 1.64. The van der Waals surface area contributed by atoms with Gasteiger partial charge < -0.3 is 0 Å². The van der Waals surface area contributed by atoms with Gasteiger partial charge in [-0.25, -0.2) is 0 Å². The molecule has 0 bridgehead atoms. The number of hydrogen-bond acceptors (Lipinski definition) is 2. The van der Waals surface area contributed by atoms with Crippen molar-refractivity contribution in [3.05, 3.63) is 12.8 Å². The highest BCUT2D eigenvalue weighted by atomic mass is 16.6. The first-order chi connectivity index (χ1) is 4.85. The highest BCUT2D eigenvalue weighted by Gasteiger charge is 2.01. The Hall–Kier alpha value is -0.500. The fraction of sp³-hybridized carbons (Fsp3) is 0.750. The molecule has 0 aliphatic rings. The van der Waals surface area contributed by atoms with E-state index in [2.05, 4.69) is 25.9 Å². The van der Waals surface area contributed by atoms with E-state index in [0.29, 0.717) is 5.92 Å². The summed E-state index contributed by atoms with van der Waals surface area (Å²) in [5, 5.41) is 0. The third kappa shape index (κ3) is 4.39. The lowest BCUT2D eigenvalue weighted by atomic mass is 10.1. The molecule has 0 aliphatic carbocycles. The summed E-state index contributed by atoms with van der Waals surface area (Å²) in [7, 11) is 0. The first-order valence-electron chi connectivity index (χ1n) is 3.83. The van der Waals surface area contributed by atoms with Crippen molar-refractivity contribution in [2.75, 3.05) is 6.61 Å². The summed E-state index contributed by atoms with van der Waals surface area (Å²) >= 11 is 0. The number of rotatable bonds is 6. The molecule has 1 N–H and O–H groups in total. The van der Waals surface area contributed by atoms with Crippen LogP contribution in [0.25, 0.3) is 0 Å². The minimum atomic E-state index is 0.674. The largest absolute Gasteiger partial charge is 0.276 e. The van der Waals surface area contributed by atoms with Gasteiger partial charge in [0.05, 0.1) is 6.61 Å². The first kappa shape index (κ1) is 9.50. The fourth-order valence-corrected chi connectivity index (χ4v) is 0.749. The standard InChI is InChI=1S/C8H17NO/c1-4-8(5-2)7-10-9-6-3/h6,8-9H,3-5,7H2,1-2H3. The molecule has 0 amide bonds. The predicted octanol–water partition coefficient (Wildman–Crippen LogP) is 2.09. The van der Waals surface area contributed by atoms with Crippen LogP contribution in [0.15, 0.2) is 12.8 Å². The van der Waals surface area contributed by atoms with Crippen molar-refractivity contribution in [1.82, 2.24) is 5.48 Å². The molecular weight excluding hydrogens is 126 g/mol. The predicted molar refractivity (Wildman–Crippen MR) is 43.4 cm³/mol. The summed E-state index contributed by atoms with van der Waals surface area (Å²) < 4.78 is 0. The second-order valence-corrected chi connectivity index (χ2v) is 2.32. The normalized spacial score (nSPS) is 9.90. The van der Waals surface area contributed by atoms with Gasteiger partial charge in [0.15, 0.2) is 0 Å². The monoisotopic (exact) mass is 143 g/mol. The summed E-state index contributed by atoms with van der Waals surface area (Å²) in [6.07, 6.45) is 3.90. The summed E-state index contributed by atoms with van der Waals surface area (Å²) in [6, 6.07) is 0. The Kier molecular flexibility index (Phi) is 6.29. The van der Waals surface area contributed by atoms with E-state index >= 15 is 0 Å². The molecule has 0 unspecified atom stereocenters. The van der Waals surface area contributed by atoms with E-state index in [1.165, 1.54) is 12.8 Å². The summed E-state index contributed by atoms with van der Waals surface area (Å²) in [5.41, 5.74) is 2.61. The van der Waals surface area contributed by atoms with Gasteiger partial charge in [0.1, 0.15) is 0 Å². The molecule has 2 nitrogen and oxygen atoms in total. The van der Waals surface area contributed by atoms with Crippen LogP contribution in [0.1, 0.15) is 26.7 Å². The highest BCUT2D eigenvalue weighted by Crippen LogP contribution is 2.06. The van der Waals surface area contributed by atoms with E-state index < -0.39 is 0 Å². The van der Waals surface area contributed by atoms with E-state index in [1.54, 1.807) is 6.20 Å². The maximum Gasteiger partial charge on any atom is 0.0773 e. The lowest BCUT2D eigenvalue weighted by Gasteiger charge is -2.10. The molecule has 0 spiro atoms. The Balaban J connectivity index is 3.16. The van der Waals surface area contributed by atoms with Gasteiger partial charge in [-0.15, -0.1) is 0 Å². The van der Waals surface area contributed by atoms with Crippen molar-refractivity contribution in [3.63, 3.8) is 0 Å². The summed E-state index contributed by atoms with van der Waals surface area (Å²) in [6.45, 7) is 8.59. The molecule has 0 aliphatic heterocycles. The van der Waals surface area contributed by atoms with Crippen LogP contribution in [0.4, 0.5) is 0 Å². The lowest BCUT2D eigenvalue weighted by molar-refractivity contribution is 0.0416. The van der Waals surface area contributed by atoms with E-state index in [9.17, 15) is 0 Å². The second kappa shape index (κ2) is 6.62. The third-order valence-electron chi connectivity index (χ3n) is 1.64. The average molecular weight is 143 g/mol. The van der Waals surface area contributed by atoms with Crippen LogP contribution in [0, 0.1) is 5.92 Å². The zero-order valence-corrected chi connectivity index (χ0v) is 6.89. The molecule has 10 heavy (non-hydrogen) atoms. The molecule has 60 valence electrons. The maximum atomic E-state index is 5.06. The Bertz CT molecular complexity index is 79.3. The van der Waals surface area contributed by atoms with Gasteiger partial charge in [-0.2, -0.15) is 0 Å². The highest BCUT2D eigenvalue weighted by molar-refractivity contribution is 4.55. The lowest BCUT2D eigenvalue weighted by Crippen LogP contribution is -2.14. The van der Waals surface area contributed by atoms with Crippen LogP contribution in [-0.4, -0.2) is 6.61 Å². The van der Waals surface area contributed by atoms with Gasteiger partial charge in [0.2, 0.25) is 0 Å². The minimum Gasteiger partial charge on any atom is -0.276 e. The maximum absolute atomic E-state index is 5.06. The van der Waals surface area contributed by atoms with Crippen molar-refractivity contribution in [2.45, 2.75) is 26.7 Å². The zero-order valence-electron chi connectivity index (χ0n) is 6.89. The van der Waals surface area contributed by atoms with E-state index in [0.717, 1.165) is 6.61 Å². The Morgan fingerprint density at radius 1 is 1.50 bits per heavy atom. The molecule has 2 heteroatoms. The van der Waals surface area contributed by atoms with Gasteiger partial charge in [0, 0.05) is 6.20 Å². The molecule has 0 aromatic heterocycles. The number of hydrogen-bond donors (Lipinski definition) is 1.